The average Bonchev–Trinajstić information content (AvgIpc) is 2.74. The first-order valence-corrected chi connectivity index (χ1v) is 9.48. The Morgan fingerprint density at radius 3 is 2.34 bits per heavy atom. The molecule has 0 unspecified atom stereocenters. The Kier molecular flexibility index (Phi) is 6.85. The summed E-state index contributed by atoms with van der Waals surface area (Å²) in [4.78, 5) is 24.1. The first-order chi connectivity index (χ1) is 14.0. The molecule has 0 saturated carbocycles. The molecule has 0 atom stereocenters. The summed E-state index contributed by atoms with van der Waals surface area (Å²) in [5.41, 5.74) is 0.739. The lowest BCUT2D eigenvalue weighted by atomic mass is 9.90. The van der Waals surface area contributed by atoms with Crippen molar-refractivity contribution in [3.05, 3.63) is 60.2 Å². The van der Waals surface area contributed by atoms with Crippen LogP contribution in [0.1, 0.15) is 25.7 Å². The molecule has 1 saturated heterocycles. The van der Waals surface area contributed by atoms with Crippen molar-refractivity contribution in [1.29, 1.82) is 0 Å². The largest absolute Gasteiger partial charge is 0.482 e. The van der Waals surface area contributed by atoms with E-state index in [1.807, 2.05) is 30.3 Å². The molecular weight excluding hydrogens is 374 g/mol. The number of amides is 1. The maximum absolute atomic E-state index is 12.7. The average molecular weight is 399 g/mol. The molecule has 1 aliphatic heterocycles. The third kappa shape index (κ3) is 5.56. The van der Waals surface area contributed by atoms with E-state index in [2.05, 4.69) is 5.32 Å². The van der Waals surface area contributed by atoms with Crippen LogP contribution < -0.4 is 10.1 Å². The van der Waals surface area contributed by atoms with Crippen LogP contribution in [0.25, 0.3) is 0 Å². The van der Waals surface area contributed by atoms with Gasteiger partial charge in [0.15, 0.2) is 12.9 Å². The van der Waals surface area contributed by atoms with Gasteiger partial charge in [-0.05, 0) is 38.1 Å². The third-order valence-electron chi connectivity index (χ3n) is 4.50. The Morgan fingerprint density at radius 2 is 1.72 bits per heavy atom. The molecular formula is C22H25NO6. The summed E-state index contributed by atoms with van der Waals surface area (Å²) < 4.78 is 21.7. The number of benzene rings is 2. The number of rotatable bonds is 7. The van der Waals surface area contributed by atoms with Gasteiger partial charge in [-0.25, -0.2) is 4.79 Å². The number of carbonyl (C=O) groups excluding carboxylic acids is 2. The van der Waals surface area contributed by atoms with Gasteiger partial charge in [0.1, 0.15) is 5.75 Å². The first kappa shape index (κ1) is 20.8. The standard InChI is InChI=1S/C22H25NO6/c1-3-26-19(24)13-27-18-11-9-17(10-12-18)23-21(25)22(2)14-28-20(29-15-22)16-7-5-4-6-8-16/h4-12,20H,3,13-15H2,1-2H3,(H,23,25). The fraction of sp³-hybridized carbons (Fsp3) is 0.364. The fourth-order valence-electron chi connectivity index (χ4n) is 2.80. The monoisotopic (exact) mass is 399 g/mol. The molecule has 0 radical (unpaired) electrons. The number of esters is 1. The lowest BCUT2D eigenvalue weighted by Crippen LogP contribution is -2.45. The highest BCUT2D eigenvalue weighted by Gasteiger charge is 2.39. The number of anilines is 1. The van der Waals surface area contributed by atoms with Crippen LogP contribution in [0, 0.1) is 5.41 Å². The van der Waals surface area contributed by atoms with Gasteiger partial charge in [-0.15, -0.1) is 0 Å². The molecule has 0 aliphatic carbocycles. The first-order valence-electron chi connectivity index (χ1n) is 9.48. The highest BCUT2D eigenvalue weighted by Crippen LogP contribution is 2.32. The van der Waals surface area contributed by atoms with Gasteiger partial charge in [-0.3, -0.25) is 4.79 Å². The van der Waals surface area contributed by atoms with E-state index in [-0.39, 0.29) is 25.7 Å². The maximum Gasteiger partial charge on any atom is 0.344 e. The fourth-order valence-corrected chi connectivity index (χ4v) is 2.80. The van der Waals surface area contributed by atoms with Gasteiger partial charge in [0, 0.05) is 11.3 Å². The molecule has 2 aromatic rings. The maximum atomic E-state index is 12.7. The van der Waals surface area contributed by atoms with E-state index in [0.717, 1.165) is 5.56 Å². The quantitative estimate of drug-likeness (QED) is 0.719. The Bertz CT molecular complexity index is 813. The van der Waals surface area contributed by atoms with Crippen molar-refractivity contribution in [3.63, 3.8) is 0 Å². The highest BCUT2D eigenvalue weighted by atomic mass is 16.7. The van der Waals surface area contributed by atoms with Gasteiger partial charge in [0.2, 0.25) is 5.91 Å². The van der Waals surface area contributed by atoms with Crippen LogP contribution in [0.4, 0.5) is 5.69 Å². The van der Waals surface area contributed by atoms with Crippen molar-refractivity contribution < 1.29 is 28.5 Å². The molecule has 0 bridgehead atoms. The summed E-state index contributed by atoms with van der Waals surface area (Å²) >= 11 is 0. The van der Waals surface area contributed by atoms with Crippen molar-refractivity contribution in [3.8, 4) is 5.75 Å². The molecule has 7 nitrogen and oxygen atoms in total. The molecule has 1 amide bonds. The van der Waals surface area contributed by atoms with Crippen LogP contribution in [-0.2, 0) is 23.8 Å². The van der Waals surface area contributed by atoms with Crippen molar-refractivity contribution in [1.82, 2.24) is 0 Å². The molecule has 0 spiro atoms. The molecule has 3 rings (SSSR count). The summed E-state index contributed by atoms with van der Waals surface area (Å²) in [7, 11) is 0. The zero-order valence-electron chi connectivity index (χ0n) is 16.6. The number of hydrogen-bond acceptors (Lipinski definition) is 6. The minimum Gasteiger partial charge on any atom is -0.482 e. The topological polar surface area (TPSA) is 83.1 Å². The number of carbonyl (C=O) groups is 2. The predicted molar refractivity (Wildman–Crippen MR) is 106 cm³/mol. The predicted octanol–water partition coefficient (Wildman–Crippen LogP) is 3.32. The van der Waals surface area contributed by atoms with Gasteiger partial charge in [0.05, 0.1) is 25.2 Å². The van der Waals surface area contributed by atoms with Crippen LogP contribution in [0.5, 0.6) is 5.75 Å². The smallest absolute Gasteiger partial charge is 0.344 e. The van der Waals surface area contributed by atoms with Crippen molar-refractivity contribution >= 4 is 17.6 Å². The zero-order chi connectivity index (χ0) is 20.7. The Morgan fingerprint density at radius 1 is 1.07 bits per heavy atom. The van der Waals surface area contributed by atoms with Gasteiger partial charge in [0.25, 0.3) is 0 Å². The Balaban J connectivity index is 1.51. The van der Waals surface area contributed by atoms with E-state index in [1.54, 1.807) is 38.1 Å². The number of hydrogen-bond donors (Lipinski definition) is 1. The molecule has 1 N–H and O–H groups in total. The molecule has 154 valence electrons. The minimum atomic E-state index is -0.801. The summed E-state index contributed by atoms with van der Waals surface area (Å²) in [5, 5.41) is 2.87. The lowest BCUT2D eigenvalue weighted by Gasteiger charge is -2.36. The SMILES string of the molecule is CCOC(=O)COc1ccc(NC(=O)C2(C)COC(c3ccccc3)OC2)cc1. The van der Waals surface area contributed by atoms with Crippen LogP contribution in [0.3, 0.4) is 0 Å². The highest BCUT2D eigenvalue weighted by molar-refractivity contribution is 5.95. The second-order valence-electron chi connectivity index (χ2n) is 7.00. The normalized spacial score (nSPS) is 21.2. The summed E-state index contributed by atoms with van der Waals surface area (Å²) in [6.45, 7) is 4.19. The van der Waals surface area contributed by atoms with Crippen molar-refractivity contribution in [2.75, 3.05) is 31.7 Å². The second-order valence-corrected chi connectivity index (χ2v) is 7.00. The van der Waals surface area contributed by atoms with Gasteiger partial charge in [-0.1, -0.05) is 30.3 Å². The van der Waals surface area contributed by atoms with E-state index in [0.29, 0.717) is 18.0 Å². The Labute approximate surface area is 169 Å². The Hall–Kier alpha value is -2.90. The van der Waals surface area contributed by atoms with Gasteiger partial charge < -0.3 is 24.3 Å². The van der Waals surface area contributed by atoms with Crippen molar-refractivity contribution in [2.24, 2.45) is 5.41 Å². The van der Waals surface area contributed by atoms with E-state index < -0.39 is 17.7 Å². The van der Waals surface area contributed by atoms with Gasteiger partial charge in [-0.2, -0.15) is 0 Å². The number of nitrogens with one attached hydrogen (secondary N) is 1. The summed E-state index contributed by atoms with van der Waals surface area (Å²) in [6, 6.07) is 16.4. The van der Waals surface area contributed by atoms with E-state index in [9.17, 15) is 9.59 Å². The second kappa shape index (κ2) is 9.54. The molecule has 1 aliphatic rings. The van der Waals surface area contributed by atoms with Crippen LogP contribution in [0.2, 0.25) is 0 Å². The van der Waals surface area contributed by atoms with E-state index in [1.165, 1.54) is 0 Å². The summed E-state index contributed by atoms with van der Waals surface area (Å²) in [5.74, 6) is -0.106. The van der Waals surface area contributed by atoms with Crippen molar-refractivity contribution in [2.45, 2.75) is 20.1 Å². The number of ether oxygens (including phenoxy) is 4. The summed E-state index contributed by atoms with van der Waals surface area (Å²) in [6.07, 6.45) is -0.465. The molecule has 1 heterocycles. The van der Waals surface area contributed by atoms with Crippen LogP contribution in [0.15, 0.2) is 54.6 Å². The molecule has 29 heavy (non-hydrogen) atoms. The lowest BCUT2D eigenvalue weighted by molar-refractivity contribution is -0.226. The van der Waals surface area contributed by atoms with E-state index in [4.69, 9.17) is 18.9 Å². The molecule has 0 aromatic heterocycles. The van der Waals surface area contributed by atoms with Crippen LogP contribution in [-0.4, -0.2) is 38.3 Å². The molecule has 1 fully saturated rings. The van der Waals surface area contributed by atoms with Crippen LogP contribution >= 0.6 is 0 Å². The third-order valence-corrected chi connectivity index (χ3v) is 4.50. The molecule has 7 heteroatoms. The van der Waals surface area contributed by atoms with E-state index >= 15 is 0 Å². The van der Waals surface area contributed by atoms with Gasteiger partial charge >= 0.3 is 5.97 Å². The zero-order valence-corrected chi connectivity index (χ0v) is 16.6. The minimum absolute atomic E-state index is 0.158. The molecule has 2 aromatic carbocycles.